The molecule has 0 radical (unpaired) electrons. The molecule has 0 amide bonds. The maximum Gasteiger partial charge on any atom is 0.311 e. The summed E-state index contributed by atoms with van der Waals surface area (Å²) in [5, 5.41) is 8.80. The van der Waals surface area contributed by atoms with E-state index in [0.717, 1.165) is 25.7 Å². The van der Waals surface area contributed by atoms with Gasteiger partial charge in [0.1, 0.15) is 6.61 Å². The van der Waals surface area contributed by atoms with Gasteiger partial charge in [-0.25, -0.2) is 0 Å². The third-order valence-electron chi connectivity index (χ3n) is 10.7. The lowest BCUT2D eigenvalue weighted by Crippen LogP contribution is -2.31. The van der Waals surface area contributed by atoms with Gasteiger partial charge in [-0.3, -0.25) is 4.79 Å². The second kappa shape index (κ2) is 41.1. The van der Waals surface area contributed by atoms with Crippen molar-refractivity contribution in [3.8, 4) is 0 Å². The molecule has 1 N–H and O–H groups in total. The van der Waals surface area contributed by atoms with Gasteiger partial charge in [0.2, 0.25) is 0 Å². The molecule has 0 aromatic carbocycles. The first-order valence-corrected chi connectivity index (χ1v) is 22.5. The summed E-state index contributed by atoms with van der Waals surface area (Å²) >= 11 is 0. The fourth-order valence-electron chi connectivity index (χ4n) is 7.21. The topological polar surface area (TPSA) is 65.0 Å². The maximum absolute atomic E-state index is 13.3. The molecule has 300 valence electrons. The first-order chi connectivity index (χ1) is 24.6. The summed E-state index contributed by atoms with van der Waals surface area (Å²) in [5.74, 6) is -0.0421. The molecule has 0 aliphatic rings. The van der Waals surface area contributed by atoms with Crippen LogP contribution in [-0.2, 0) is 19.0 Å². The Kier molecular flexibility index (Phi) is 40.6. The lowest BCUT2D eigenvalue weighted by Gasteiger charge is -2.27. The van der Waals surface area contributed by atoms with Crippen LogP contribution in [0.2, 0.25) is 0 Å². The number of ether oxygens (including phenoxy) is 3. The molecule has 0 rings (SSSR count). The molecule has 0 atom stereocenters. The predicted octanol–water partition coefficient (Wildman–Crippen LogP) is 13.9. The highest BCUT2D eigenvalue weighted by Crippen LogP contribution is 2.33. The minimum Gasteiger partial charge on any atom is -0.463 e. The van der Waals surface area contributed by atoms with Crippen LogP contribution in [0.3, 0.4) is 0 Å². The van der Waals surface area contributed by atoms with Crippen molar-refractivity contribution in [2.24, 2.45) is 5.41 Å². The maximum atomic E-state index is 13.3. The van der Waals surface area contributed by atoms with Gasteiger partial charge in [-0.2, -0.15) is 0 Å². The summed E-state index contributed by atoms with van der Waals surface area (Å²) in [6, 6.07) is 0. The smallest absolute Gasteiger partial charge is 0.311 e. The number of esters is 1. The Morgan fingerprint density at radius 3 is 0.960 bits per heavy atom. The van der Waals surface area contributed by atoms with Crippen LogP contribution in [0.25, 0.3) is 0 Å². The summed E-state index contributed by atoms with van der Waals surface area (Å²) in [6.45, 7) is 8.67. The Balaban J connectivity index is 4.12. The van der Waals surface area contributed by atoms with Gasteiger partial charge in [0, 0.05) is 0 Å². The van der Waals surface area contributed by atoms with E-state index in [1.165, 1.54) is 193 Å². The molecule has 0 heterocycles. The standard InChI is InChI=1S/C45H90O5/c1-4-6-8-10-12-14-16-18-20-22-24-26-28-30-32-34-36-45(3,44(47)50-43-42-49-41-40-48-39-38-46)37-35-33-31-29-27-25-23-21-19-17-15-13-11-9-7-5-2/h46H,4-43H2,1-3H3. The normalized spacial score (nSPS) is 11.8. The van der Waals surface area contributed by atoms with Gasteiger partial charge in [-0.1, -0.05) is 219 Å². The van der Waals surface area contributed by atoms with Crippen LogP contribution < -0.4 is 0 Å². The summed E-state index contributed by atoms with van der Waals surface area (Å²) in [4.78, 5) is 13.3. The van der Waals surface area contributed by atoms with Crippen molar-refractivity contribution in [3.63, 3.8) is 0 Å². The van der Waals surface area contributed by atoms with E-state index in [1.54, 1.807) is 0 Å². The van der Waals surface area contributed by atoms with Crippen molar-refractivity contribution in [2.75, 3.05) is 39.6 Å². The number of hydrogen-bond acceptors (Lipinski definition) is 5. The van der Waals surface area contributed by atoms with Crippen molar-refractivity contribution < 1.29 is 24.1 Å². The van der Waals surface area contributed by atoms with Gasteiger partial charge in [-0.05, 0) is 19.8 Å². The lowest BCUT2D eigenvalue weighted by molar-refractivity contribution is -0.157. The number of rotatable bonds is 43. The highest BCUT2D eigenvalue weighted by Gasteiger charge is 2.33. The van der Waals surface area contributed by atoms with Crippen LogP contribution >= 0.6 is 0 Å². The summed E-state index contributed by atoms with van der Waals surface area (Å²) in [6.07, 6.45) is 45.6. The van der Waals surface area contributed by atoms with Gasteiger partial charge >= 0.3 is 5.97 Å². The fraction of sp³-hybridized carbons (Fsp3) is 0.978. The number of hydrogen-bond donors (Lipinski definition) is 1. The van der Waals surface area contributed by atoms with E-state index >= 15 is 0 Å². The molecule has 0 fully saturated rings. The second-order valence-electron chi connectivity index (χ2n) is 15.8. The molecule has 0 saturated heterocycles. The third-order valence-corrected chi connectivity index (χ3v) is 10.7. The molecule has 0 unspecified atom stereocenters. The zero-order chi connectivity index (χ0) is 36.5. The molecular weight excluding hydrogens is 620 g/mol. The van der Waals surface area contributed by atoms with E-state index in [-0.39, 0.29) is 12.6 Å². The Bertz CT molecular complexity index is 617. The number of carbonyl (C=O) groups is 1. The van der Waals surface area contributed by atoms with Crippen LogP contribution in [0.15, 0.2) is 0 Å². The van der Waals surface area contributed by atoms with Crippen LogP contribution in [0.4, 0.5) is 0 Å². The van der Waals surface area contributed by atoms with Crippen molar-refractivity contribution in [2.45, 2.75) is 239 Å². The average molecular weight is 711 g/mol. The van der Waals surface area contributed by atoms with Crippen LogP contribution in [-0.4, -0.2) is 50.7 Å². The Labute approximate surface area is 313 Å². The van der Waals surface area contributed by atoms with Gasteiger partial charge in [0.25, 0.3) is 0 Å². The first-order valence-electron chi connectivity index (χ1n) is 22.5. The lowest BCUT2D eigenvalue weighted by atomic mass is 9.79. The molecule has 5 heteroatoms. The molecular formula is C45H90O5. The molecule has 0 aromatic heterocycles. The summed E-state index contributed by atoms with van der Waals surface area (Å²) < 4.78 is 16.5. The Morgan fingerprint density at radius 2 is 0.660 bits per heavy atom. The monoisotopic (exact) mass is 711 g/mol. The van der Waals surface area contributed by atoms with E-state index in [2.05, 4.69) is 20.8 Å². The molecule has 5 nitrogen and oxygen atoms in total. The minimum absolute atomic E-state index is 0.0228. The molecule has 0 spiro atoms. The number of carbonyl (C=O) groups excluding carboxylic acids is 1. The van der Waals surface area contributed by atoms with Crippen LogP contribution in [0.1, 0.15) is 239 Å². The fourth-order valence-corrected chi connectivity index (χ4v) is 7.21. The molecule has 0 aromatic rings. The number of unbranched alkanes of at least 4 members (excludes halogenated alkanes) is 30. The molecule has 0 saturated carbocycles. The average Bonchev–Trinajstić information content (AvgIpc) is 3.12. The van der Waals surface area contributed by atoms with Gasteiger partial charge in [-0.15, -0.1) is 0 Å². The van der Waals surface area contributed by atoms with Crippen molar-refractivity contribution >= 4 is 5.97 Å². The zero-order valence-electron chi connectivity index (χ0n) is 34.4. The number of aliphatic hydroxyl groups is 1. The van der Waals surface area contributed by atoms with E-state index in [1.807, 2.05) is 0 Å². The SMILES string of the molecule is CCCCCCCCCCCCCCCCCCC(C)(CCCCCCCCCCCCCCCCCC)C(=O)OCCOCCOCCO. The highest BCUT2D eigenvalue weighted by atomic mass is 16.6. The predicted molar refractivity (Wildman–Crippen MR) is 216 cm³/mol. The quantitative estimate of drug-likeness (QED) is 0.0504. The molecule has 0 aliphatic heterocycles. The second-order valence-corrected chi connectivity index (χ2v) is 15.8. The Morgan fingerprint density at radius 1 is 0.400 bits per heavy atom. The van der Waals surface area contributed by atoms with Crippen molar-refractivity contribution in [1.29, 1.82) is 0 Å². The van der Waals surface area contributed by atoms with E-state index in [4.69, 9.17) is 19.3 Å². The third kappa shape index (κ3) is 35.7. The molecule has 0 bridgehead atoms. The van der Waals surface area contributed by atoms with Gasteiger partial charge in [0.15, 0.2) is 0 Å². The number of aliphatic hydroxyl groups excluding tert-OH is 1. The van der Waals surface area contributed by atoms with Crippen molar-refractivity contribution in [3.05, 3.63) is 0 Å². The first kappa shape index (κ1) is 49.4. The van der Waals surface area contributed by atoms with Crippen LogP contribution in [0, 0.1) is 5.41 Å². The largest absolute Gasteiger partial charge is 0.463 e. The summed E-state index contributed by atoms with van der Waals surface area (Å²) in [5.41, 5.74) is -0.393. The zero-order valence-corrected chi connectivity index (χ0v) is 34.4. The summed E-state index contributed by atoms with van der Waals surface area (Å²) in [7, 11) is 0. The minimum atomic E-state index is -0.393. The molecule has 50 heavy (non-hydrogen) atoms. The highest BCUT2D eigenvalue weighted by molar-refractivity contribution is 5.76. The molecule has 0 aliphatic carbocycles. The van der Waals surface area contributed by atoms with E-state index < -0.39 is 5.41 Å². The van der Waals surface area contributed by atoms with E-state index in [9.17, 15) is 4.79 Å². The van der Waals surface area contributed by atoms with Gasteiger partial charge < -0.3 is 19.3 Å². The Hall–Kier alpha value is -0.650. The van der Waals surface area contributed by atoms with Gasteiger partial charge in [0.05, 0.1) is 38.4 Å². The van der Waals surface area contributed by atoms with Crippen molar-refractivity contribution in [1.82, 2.24) is 0 Å². The van der Waals surface area contributed by atoms with Crippen LogP contribution in [0.5, 0.6) is 0 Å². The van der Waals surface area contributed by atoms with E-state index in [0.29, 0.717) is 33.0 Å².